The highest BCUT2D eigenvalue weighted by atomic mass is 35.5. The molecule has 0 radical (unpaired) electrons. The molecule has 0 saturated carbocycles. The summed E-state index contributed by atoms with van der Waals surface area (Å²) in [4.78, 5) is 0. The van der Waals surface area contributed by atoms with E-state index in [2.05, 4.69) is 12.2 Å². The van der Waals surface area contributed by atoms with Crippen LogP contribution in [0.1, 0.15) is 31.1 Å². The molecule has 2 unspecified atom stereocenters. The van der Waals surface area contributed by atoms with Crippen molar-refractivity contribution in [2.75, 3.05) is 0 Å². The summed E-state index contributed by atoms with van der Waals surface area (Å²) in [6.07, 6.45) is 6.70. The Hall–Kier alpha value is -1.25. The van der Waals surface area contributed by atoms with Crippen LogP contribution in [0.3, 0.4) is 0 Å². The van der Waals surface area contributed by atoms with E-state index in [9.17, 15) is 5.11 Å². The Morgan fingerprint density at radius 2 is 2.22 bits per heavy atom. The van der Waals surface area contributed by atoms with E-state index in [1.807, 2.05) is 18.2 Å². The highest BCUT2D eigenvalue weighted by molar-refractivity contribution is 6.34. The molecule has 0 aliphatic heterocycles. The van der Waals surface area contributed by atoms with Gasteiger partial charge in [0.25, 0.3) is 0 Å². The molecule has 3 rings (SSSR count). The summed E-state index contributed by atoms with van der Waals surface area (Å²) < 4.78 is 5.71. The van der Waals surface area contributed by atoms with Crippen LogP contribution in [0.4, 0.5) is 0 Å². The van der Waals surface area contributed by atoms with Gasteiger partial charge < -0.3 is 9.52 Å². The van der Waals surface area contributed by atoms with Crippen molar-refractivity contribution in [2.45, 2.75) is 25.4 Å². The van der Waals surface area contributed by atoms with Crippen molar-refractivity contribution in [3.05, 3.63) is 47.2 Å². The van der Waals surface area contributed by atoms with Gasteiger partial charge in [-0.25, -0.2) is 0 Å². The van der Waals surface area contributed by atoms with Crippen LogP contribution in [0.25, 0.3) is 11.0 Å². The van der Waals surface area contributed by atoms with Gasteiger partial charge in [-0.3, -0.25) is 0 Å². The lowest BCUT2D eigenvalue weighted by Gasteiger charge is -2.21. The molecule has 1 aliphatic carbocycles. The number of fused-ring (bicyclic) bond motifs is 1. The van der Waals surface area contributed by atoms with Crippen LogP contribution in [-0.2, 0) is 0 Å². The van der Waals surface area contributed by atoms with Gasteiger partial charge in [0, 0.05) is 5.39 Å². The molecular formula is C15H15ClO2. The molecule has 1 N–H and O–H groups in total. The number of benzene rings is 1. The normalized spacial score (nSPS) is 21.3. The standard InChI is InChI=1S/C15H15ClO2/c16-12-8-4-7-11-9-13(18-15(11)12)14(17)10-5-2-1-3-6-10/h1-2,4,7-10,14,17H,3,5-6H2. The molecule has 0 amide bonds. The average Bonchev–Trinajstić information content (AvgIpc) is 2.84. The number of halogens is 1. The first-order chi connectivity index (χ1) is 8.75. The smallest absolute Gasteiger partial charge is 0.152 e. The fraction of sp³-hybridized carbons (Fsp3) is 0.333. The van der Waals surface area contributed by atoms with Crippen LogP contribution in [0.5, 0.6) is 0 Å². The van der Waals surface area contributed by atoms with Crippen LogP contribution in [0.2, 0.25) is 5.02 Å². The van der Waals surface area contributed by atoms with Crippen LogP contribution in [0.15, 0.2) is 40.8 Å². The highest BCUT2D eigenvalue weighted by Gasteiger charge is 2.24. The summed E-state index contributed by atoms with van der Waals surface area (Å²) in [5, 5.41) is 11.9. The third-order valence-electron chi connectivity index (χ3n) is 3.56. The number of allylic oxidation sites excluding steroid dienone is 2. The Morgan fingerprint density at radius 1 is 1.33 bits per heavy atom. The predicted molar refractivity (Wildman–Crippen MR) is 72.7 cm³/mol. The van der Waals surface area contributed by atoms with Crippen LogP contribution < -0.4 is 0 Å². The first kappa shape index (κ1) is 11.8. The monoisotopic (exact) mass is 262 g/mol. The lowest BCUT2D eigenvalue weighted by atomic mass is 9.88. The van der Waals surface area contributed by atoms with E-state index in [4.69, 9.17) is 16.0 Å². The minimum atomic E-state index is -0.543. The molecule has 2 aromatic rings. The molecule has 18 heavy (non-hydrogen) atoms. The van der Waals surface area contributed by atoms with Crippen molar-refractivity contribution in [3.63, 3.8) is 0 Å². The molecule has 2 nitrogen and oxygen atoms in total. The van der Waals surface area contributed by atoms with Crippen molar-refractivity contribution in [3.8, 4) is 0 Å². The third kappa shape index (κ3) is 2.06. The molecule has 1 aromatic heterocycles. The fourth-order valence-corrected chi connectivity index (χ4v) is 2.75. The second kappa shape index (κ2) is 4.79. The molecule has 1 heterocycles. The van der Waals surface area contributed by atoms with E-state index in [1.54, 1.807) is 6.07 Å². The molecule has 1 aliphatic rings. The average molecular weight is 263 g/mol. The van der Waals surface area contributed by atoms with Gasteiger partial charge in [-0.1, -0.05) is 35.9 Å². The zero-order valence-electron chi connectivity index (χ0n) is 9.97. The van der Waals surface area contributed by atoms with Crippen molar-refractivity contribution in [1.82, 2.24) is 0 Å². The second-order valence-electron chi connectivity index (χ2n) is 4.80. The van der Waals surface area contributed by atoms with Gasteiger partial charge in [0.1, 0.15) is 11.9 Å². The summed E-state index contributed by atoms with van der Waals surface area (Å²) in [7, 11) is 0. The first-order valence-corrected chi connectivity index (χ1v) is 6.64. The van der Waals surface area contributed by atoms with Crippen LogP contribution >= 0.6 is 11.6 Å². The van der Waals surface area contributed by atoms with E-state index >= 15 is 0 Å². The lowest BCUT2D eigenvalue weighted by molar-refractivity contribution is 0.0824. The molecule has 2 atom stereocenters. The van der Waals surface area contributed by atoms with E-state index < -0.39 is 6.10 Å². The molecular weight excluding hydrogens is 248 g/mol. The number of hydrogen-bond acceptors (Lipinski definition) is 2. The number of aliphatic hydroxyl groups is 1. The van der Waals surface area contributed by atoms with E-state index in [1.165, 1.54) is 0 Å². The molecule has 0 bridgehead atoms. The largest absolute Gasteiger partial charge is 0.457 e. The van der Waals surface area contributed by atoms with Crippen molar-refractivity contribution in [2.24, 2.45) is 5.92 Å². The van der Waals surface area contributed by atoms with E-state index in [-0.39, 0.29) is 5.92 Å². The van der Waals surface area contributed by atoms with Crippen molar-refractivity contribution < 1.29 is 9.52 Å². The summed E-state index contributed by atoms with van der Waals surface area (Å²) in [6.45, 7) is 0. The predicted octanol–water partition coefficient (Wildman–Crippen LogP) is 4.48. The maximum atomic E-state index is 10.4. The Kier molecular flexibility index (Phi) is 3.14. The zero-order valence-corrected chi connectivity index (χ0v) is 10.7. The molecule has 1 aromatic carbocycles. The number of rotatable bonds is 2. The fourth-order valence-electron chi connectivity index (χ4n) is 2.53. The molecule has 0 fully saturated rings. The molecule has 0 saturated heterocycles. The van der Waals surface area contributed by atoms with Gasteiger partial charge in [0.15, 0.2) is 5.58 Å². The van der Waals surface area contributed by atoms with Crippen LogP contribution in [-0.4, -0.2) is 5.11 Å². The summed E-state index contributed by atoms with van der Waals surface area (Å²) in [5.74, 6) is 0.868. The zero-order chi connectivity index (χ0) is 12.5. The Bertz CT molecular complexity index is 585. The van der Waals surface area contributed by atoms with Gasteiger partial charge in [-0.2, -0.15) is 0 Å². The van der Waals surface area contributed by atoms with Gasteiger partial charge in [0.05, 0.1) is 5.02 Å². The highest BCUT2D eigenvalue weighted by Crippen LogP contribution is 2.35. The van der Waals surface area contributed by atoms with E-state index in [0.717, 1.165) is 24.6 Å². The minimum Gasteiger partial charge on any atom is -0.457 e. The number of aliphatic hydroxyl groups excluding tert-OH is 1. The molecule has 94 valence electrons. The minimum absolute atomic E-state index is 0.245. The van der Waals surface area contributed by atoms with Gasteiger partial charge in [0.2, 0.25) is 0 Å². The summed E-state index contributed by atoms with van der Waals surface area (Å²) >= 11 is 6.07. The quantitative estimate of drug-likeness (QED) is 0.810. The number of hydrogen-bond donors (Lipinski definition) is 1. The first-order valence-electron chi connectivity index (χ1n) is 6.27. The number of para-hydroxylation sites is 1. The number of furan rings is 1. The third-order valence-corrected chi connectivity index (χ3v) is 3.86. The van der Waals surface area contributed by atoms with Gasteiger partial charge >= 0.3 is 0 Å². The van der Waals surface area contributed by atoms with E-state index in [0.29, 0.717) is 16.4 Å². The second-order valence-corrected chi connectivity index (χ2v) is 5.20. The summed E-state index contributed by atoms with van der Waals surface area (Å²) in [6, 6.07) is 7.53. The van der Waals surface area contributed by atoms with Crippen LogP contribution in [0, 0.1) is 5.92 Å². The SMILES string of the molecule is OC(c1cc2cccc(Cl)c2o1)C1CC=CCC1. The lowest BCUT2D eigenvalue weighted by Crippen LogP contribution is -2.13. The Labute approximate surface area is 111 Å². The van der Waals surface area contributed by atoms with Crippen molar-refractivity contribution >= 4 is 22.6 Å². The maximum Gasteiger partial charge on any atom is 0.152 e. The summed E-state index contributed by atoms with van der Waals surface area (Å²) in [5.41, 5.74) is 0.666. The van der Waals surface area contributed by atoms with Gasteiger partial charge in [-0.15, -0.1) is 0 Å². The molecule has 3 heteroatoms. The van der Waals surface area contributed by atoms with Crippen molar-refractivity contribution in [1.29, 1.82) is 0 Å². The maximum absolute atomic E-state index is 10.4. The Morgan fingerprint density at radius 3 is 2.94 bits per heavy atom. The topological polar surface area (TPSA) is 33.4 Å². The Balaban J connectivity index is 1.94. The van der Waals surface area contributed by atoms with Gasteiger partial charge in [-0.05, 0) is 37.3 Å². The molecule has 0 spiro atoms.